The number of rotatable bonds is 16. The summed E-state index contributed by atoms with van der Waals surface area (Å²) < 4.78 is 35.5. The van der Waals surface area contributed by atoms with Crippen LogP contribution in [0.25, 0.3) is 0 Å². The van der Waals surface area contributed by atoms with Gasteiger partial charge in [-0.05, 0) is 111 Å². The number of anilines is 4. The number of likely N-dealkylation sites (tertiary alicyclic amines) is 2. The van der Waals surface area contributed by atoms with Gasteiger partial charge in [-0.25, -0.2) is 28.3 Å². The van der Waals surface area contributed by atoms with Crippen molar-refractivity contribution in [2.24, 2.45) is 25.9 Å². The first-order valence-corrected chi connectivity index (χ1v) is 24.9. The van der Waals surface area contributed by atoms with Crippen LogP contribution < -0.4 is 36.6 Å². The average Bonchev–Trinajstić information content (AvgIpc) is 3.97. The van der Waals surface area contributed by atoms with Crippen molar-refractivity contribution < 1.29 is 42.2 Å². The number of urea groups is 2. The molecule has 6 heterocycles. The first-order valence-electron chi connectivity index (χ1n) is 24.9. The Balaban J connectivity index is 1.04. The molecule has 0 aliphatic carbocycles. The number of imide groups is 2. The number of aromatic nitrogens is 6. The molecular weight excluding hydrogens is 979 g/mol. The summed E-state index contributed by atoms with van der Waals surface area (Å²) in [5.41, 5.74) is 16.3. The van der Waals surface area contributed by atoms with Gasteiger partial charge in [0.1, 0.15) is 41.2 Å². The molecule has 22 heteroatoms. The van der Waals surface area contributed by atoms with E-state index in [0.717, 1.165) is 9.80 Å². The van der Waals surface area contributed by atoms with Crippen LogP contribution in [-0.4, -0.2) is 96.1 Å². The Hall–Kier alpha value is -8.56. The molecule has 2 fully saturated rings. The summed E-state index contributed by atoms with van der Waals surface area (Å²) in [6.07, 6.45) is 3.80. The topological polar surface area (TPSA) is 244 Å². The van der Waals surface area contributed by atoms with Crippen LogP contribution in [-0.2, 0) is 52.7 Å². The molecule has 6 atom stereocenters. The number of pyridine rings is 2. The number of benzene rings is 2. The lowest BCUT2D eigenvalue weighted by molar-refractivity contribution is -0.772. The molecule has 6 N–H and O–H groups in total. The number of hydrogen-bond acceptors (Lipinski definition) is 11. The molecule has 0 unspecified atom stereocenters. The Morgan fingerprint density at radius 2 is 1.26 bits per heavy atom. The number of nitrogen functional groups attached to an aromatic ring is 2. The van der Waals surface area contributed by atoms with Gasteiger partial charge in [0.15, 0.2) is 18.6 Å². The number of amides is 8. The Morgan fingerprint density at radius 1 is 0.711 bits per heavy atom. The summed E-state index contributed by atoms with van der Waals surface area (Å²) in [5.74, 6) is -4.03. The third-order valence-electron chi connectivity index (χ3n) is 14.4. The van der Waals surface area contributed by atoms with Crippen LogP contribution in [0.1, 0.15) is 76.6 Å². The van der Waals surface area contributed by atoms with Crippen molar-refractivity contribution in [3.63, 3.8) is 0 Å². The number of nitrogens with two attached hydrogens (primary N) is 2. The van der Waals surface area contributed by atoms with Gasteiger partial charge in [-0.2, -0.15) is 5.10 Å². The van der Waals surface area contributed by atoms with Crippen LogP contribution in [0.5, 0.6) is 0 Å². The van der Waals surface area contributed by atoms with Crippen molar-refractivity contribution in [1.82, 2.24) is 44.9 Å². The lowest BCUT2D eigenvalue weighted by Crippen LogP contribution is -2.70. The maximum Gasteiger partial charge on any atom is 0.325 e. The second kappa shape index (κ2) is 21.7. The van der Waals surface area contributed by atoms with Gasteiger partial charge in [0.2, 0.25) is 11.8 Å². The molecular formula is C54H63F2N14O6+. The van der Waals surface area contributed by atoms with Gasteiger partial charge in [-0.1, -0.05) is 31.2 Å². The Morgan fingerprint density at radius 3 is 1.76 bits per heavy atom. The van der Waals surface area contributed by atoms with E-state index in [1.165, 1.54) is 46.9 Å². The summed E-state index contributed by atoms with van der Waals surface area (Å²) in [4.78, 5) is 98.8. The van der Waals surface area contributed by atoms with E-state index in [9.17, 15) is 33.2 Å². The number of β-lactam (4-membered cyclic amide) rings is 2. The van der Waals surface area contributed by atoms with Crippen molar-refractivity contribution in [2.45, 2.75) is 91.0 Å². The molecule has 4 aromatic heterocycles. The maximum absolute atomic E-state index is 16.0. The zero-order valence-electron chi connectivity index (χ0n) is 43.9. The Kier molecular flexibility index (Phi) is 15.4. The third kappa shape index (κ3) is 10.7. The molecule has 6 aromatic rings. The second-order valence-electron chi connectivity index (χ2n) is 19.7. The van der Waals surface area contributed by atoms with Crippen molar-refractivity contribution in [1.29, 1.82) is 0 Å². The van der Waals surface area contributed by atoms with Gasteiger partial charge in [0.25, 0.3) is 11.8 Å². The lowest BCUT2D eigenvalue weighted by atomic mass is 9.81. The van der Waals surface area contributed by atoms with E-state index in [1.54, 1.807) is 118 Å². The quantitative estimate of drug-likeness (QED) is 0.0744. The zero-order valence-corrected chi connectivity index (χ0v) is 43.9. The minimum atomic E-state index is -1.26. The number of carbonyl (C=O) groups excluding carboxylic acids is 6. The fraction of sp³-hybridized carbons (Fsp3) is 0.370. The standard InChI is InChI=1S/C54H62F2N14O6/c1-10-41(35-13-12-30(3)39(55)28-35)62-53(75)69-48(38(49(69)71)25-34-23-32(5)61-44(58)27-34)52(74)65(7)46-17-20-68(67(46)9)19-16-42(36-14-11-29(2)21-40(36)56)63-54(76)70-47(51(73)64(6)45-15-18-59-66(45)8)37(50(70)72)24-33-22-31(4)60-43(57)26-33/h11-15,17-18,20-23,26-28,37-38,41-42,47-48H,10,16,19,24-25H2,1-9H3,(H5-,57,58,60,61,62,63,75,76)/p+1/t37-,38-,41-,42-,47+,48+/m1/s1. The molecule has 8 rings (SSSR count). The molecule has 76 heavy (non-hydrogen) atoms. The number of hydrogen-bond donors (Lipinski definition) is 4. The van der Waals surface area contributed by atoms with Gasteiger partial charge in [0.05, 0.1) is 43.2 Å². The Bertz CT molecular complexity index is 3230. The van der Waals surface area contributed by atoms with Crippen LogP contribution in [0, 0.1) is 51.2 Å². The highest BCUT2D eigenvalue weighted by Crippen LogP contribution is 2.36. The molecule has 20 nitrogen and oxygen atoms in total. The molecule has 8 amide bonds. The van der Waals surface area contributed by atoms with E-state index in [1.807, 2.05) is 6.92 Å². The van der Waals surface area contributed by atoms with E-state index in [-0.39, 0.29) is 43.0 Å². The molecule has 2 aromatic carbocycles. The Labute approximate surface area is 438 Å². The highest BCUT2D eigenvalue weighted by atomic mass is 19.1. The zero-order chi connectivity index (χ0) is 55.0. The lowest BCUT2D eigenvalue weighted by Gasteiger charge is -2.46. The number of carbonyl (C=O) groups is 6. The summed E-state index contributed by atoms with van der Waals surface area (Å²) >= 11 is 0. The summed E-state index contributed by atoms with van der Waals surface area (Å²) in [6, 6.07) is 13.3. The molecule has 2 saturated heterocycles. The number of nitrogens with one attached hydrogen (secondary N) is 2. The molecule has 0 radical (unpaired) electrons. The molecule has 0 saturated carbocycles. The third-order valence-corrected chi connectivity index (χ3v) is 14.4. The molecule has 0 bridgehead atoms. The molecule has 0 spiro atoms. The molecule has 2 aliphatic heterocycles. The van der Waals surface area contributed by atoms with Crippen molar-refractivity contribution in [3.05, 3.63) is 142 Å². The smallest absolute Gasteiger partial charge is 0.325 e. The first-order chi connectivity index (χ1) is 36.1. The van der Waals surface area contributed by atoms with Crippen LogP contribution in [0.15, 0.2) is 85.2 Å². The monoisotopic (exact) mass is 1040 g/mol. The van der Waals surface area contributed by atoms with E-state index < -0.39 is 83.3 Å². The largest absolute Gasteiger partial charge is 0.384 e. The second-order valence-corrected chi connectivity index (χ2v) is 19.7. The SMILES string of the molecule is CC[C@@H](NC(=O)N1C(=O)[C@H](Cc2cc(C)nc(N)c2)[C@H]1C(=O)N(C)c1cc[n+](CC[C@@H](NC(=O)N2C(=O)[C@H](Cc3cc(C)nc(N)c3)[C@H]2C(=O)N(C)c2ccnn2C)c2ccc(C)cc2F)n1C)c1ccc(C)c(F)c1. The van der Waals surface area contributed by atoms with Crippen molar-refractivity contribution in [3.8, 4) is 0 Å². The van der Waals surface area contributed by atoms with Crippen molar-refractivity contribution in [2.75, 3.05) is 35.4 Å². The first kappa shape index (κ1) is 53.7. The fourth-order valence-corrected chi connectivity index (χ4v) is 10.3. The van der Waals surface area contributed by atoms with Gasteiger partial charge < -0.3 is 22.1 Å². The van der Waals surface area contributed by atoms with Crippen LogP contribution in [0.2, 0.25) is 0 Å². The predicted octanol–water partition coefficient (Wildman–Crippen LogP) is 4.98. The average molecular weight is 1040 g/mol. The minimum Gasteiger partial charge on any atom is -0.384 e. The highest BCUT2D eigenvalue weighted by molar-refractivity contribution is 6.13. The van der Waals surface area contributed by atoms with E-state index in [2.05, 4.69) is 25.7 Å². The summed E-state index contributed by atoms with van der Waals surface area (Å²) in [7, 11) is 6.40. The summed E-state index contributed by atoms with van der Waals surface area (Å²) in [6.45, 7) is 8.80. The summed E-state index contributed by atoms with van der Waals surface area (Å²) in [5, 5.41) is 9.88. The number of aryl methyl sites for hydroxylation is 6. The number of halogens is 2. The highest BCUT2D eigenvalue weighted by Gasteiger charge is 2.57. The van der Waals surface area contributed by atoms with E-state index in [0.29, 0.717) is 57.3 Å². The number of nitrogens with zero attached hydrogens (tertiary/aromatic N) is 10. The number of likely N-dealkylation sites (N-methyl/N-ethyl adjacent to an activating group) is 2. The van der Waals surface area contributed by atoms with Crippen LogP contribution in [0.3, 0.4) is 0 Å². The minimum absolute atomic E-state index is 0.0605. The van der Waals surface area contributed by atoms with E-state index >= 15 is 4.39 Å². The maximum atomic E-state index is 16.0. The van der Waals surface area contributed by atoms with Crippen LogP contribution >= 0.6 is 0 Å². The van der Waals surface area contributed by atoms with Gasteiger partial charge in [-0.3, -0.25) is 43.5 Å². The van der Waals surface area contributed by atoms with Crippen LogP contribution in [0.4, 0.5) is 41.6 Å². The van der Waals surface area contributed by atoms with E-state index in [4.69, 9.17) is 11.5 Å². The fourth-order valence-electron chi connectivity index (χ4n) is 10.3. The van der Waals surface area contributed by atoms with Crippen molar-refractivity contribution >= 4 is 59.0 Å². The van der Waals surface area contributed by atoms with Gasteiger partial charge in [-0.15, -0.1) is 9.36 Å². The normalized spacial score (nSPS) is 17.9. The predicted molar refractivity (Wildman–Crippen MR) is 278 cm³/mol. The molecule has 398 valence electrons. The van der Waals surface area contributed by atoms with Gasteiger partial charge in [0, 0.05) is 50.6 Å². The van der Waals surface area contributed by atoms with Gasteiger partial charge >= 0.3 is 12.1 Å². The molecule has 2 aliphatic rings.